The highest BCUT2D eigenvalue weighted by molar-refractivity contribution is 5.78. The van der Waals surface area contributed by atoms with Gasteiger partial charge in [-0.3, -0.25) is 19.5 Å². The van der Waals surface area contributed by atoms with E-state index in [1.807, 2.05) is 6.07 Å². The quantitative estimate of drug-likeness (QED) is 0.717. The molecule has 2 aliphatic rings. The molecule has 0 aromatic heterocycles. The number of piperazine rings is 1. The summed E-state index contributed by atoms with van der Waals surface area (Å²) >= 11 is 0. The summed E-state index contributed by atoms with van der Waals surface area (Å²) < 4.78 is 5.43. The normalized spacial score (nSPS) is 20.2. The molecule has 2 aliphatic heterocycles. The summed E-state index contributed by atoms with van der Waals surface area (Å²) in [5.41, 5.74) is 1.20. The number of carbonyl (C=O) groups is 1. The minimum atomic E-state index is -0.0385. The molecule has 0 bridgehead atoms. The van der Waals surface area contributed by atoms with Crippen molar-refractivity contribution >= 4 is 12.0 Å². The zero-order valence-corrected chi connectivity index (χ0v) is 18.0. The molecule has 29 heavy (non-hydrogen) atoms. The van der Waals surface area contributed by atoms with Crippen LogP contribution in [0.2, 0.25) is 0 Å². The fraction of sp³-hybridized carbons (Fsp3) is 0.609. The van der Waals surface area contributed by atoms with Crippen molar-refractivity contribution in [2.45, 2.75) is 19.4 Å². The molecule has 1 amide bonds. The lowest BCUT2D eigenvalue weighted by Crippen LogP contribution is -2.56. The molecule has 2 heterocycles. The summed E-state index contributed by atoms with van der Waals surface area (Å²) in [6, 6.07) is 10.4. The van der Waals surface area contributed by atoms with Gasteiger partial charge in [-0.15, -0.1) is 0 Å². The maximum Gasteiger partial charge on any atom is 0.234 e. The van der Waals surface area contributed by atoms with Gasteiger partial charge in [0.15, 0.2) is 0 Å². The number of benzene rings is 1. The summed E-state index contributed by atoms with van der Waals surface area (Å²) in [6.07, 6.45) is 4.40. The van der Waals surface area contributed by atoms with Gasteiger partial charge in [-0.1, -0.05) is 42.5 Å². The van der Waals surface area contributed by atoms with Gasteiger partial charge in [0.1, 0.15) is 0 Å². The van der Waals surface area contributed by atoms with Crippen molar-refractivity contribution in [3.63, 3.8) is 0 Å². The van der Waals surface area contributed by atoms with Gasteiger partial charge < -0.3 is 10.1 Å². The third-order valence-corrected chi connectivity index (χ3v) is 5.89. The summed E-state index contributed by atoms with van der Waals surface area (Å²) in [7, 11) is 0. The highest BCUT2D eigenvalue weighted by Crippen LogP contribution is 2.15. The number of nitrogens with zero attached hydrogens (tertiary/aromatic N) is 3. The number of amides is 1. The Morgan fingerprint density at radius 1 is 1.03 bits per heavy atom. The second-order valence-corrected chi connectivity index (χ2v) is 8.58. The molecular formula is C23H36N4O2. The van der Waals surface area contributed by atoms with Crippen LogP contribution < -0.4 is 5.32 Å². The molecule has 6 nitrogen and oxygen atoms in total. The highest BCUT2D eigenvalue weighted by Gasteiger charge is 2.29. The van der Waals surface area contributed by atoms with Crippen LogP contribution in [0.25, 0.3) is 6.08 Å². The van der Waals surface area contributed by atoms with E-state index in [4.69, 9.17) is 4.74 Å². The lowest BCUT2D eigenvalue weighted by Gasteiger charge is -2.41. The summed E-state index contributed by atoms with van der Waals surface area (Å²) in [5.74, 6) is 0.128. The second kappa shape index (κ2) is 10.9. The Morgan fingerprint density at radius 3 is 2.38 bits per heavy atom. The van der Waals surface area contributed by atoms with Crippen molar-refractivity contribution in [2.75, 3.05) is 72.1 Å². The molecule has 1 aromatic carbocycles. The van der Waals surface area contributed by atoms with Crippen molar-refractivity contribution < 1.29 is 9.53 Å². The van der Waals surface area contributed by atoms with Crippen LogP contribution in [0.15, 0.2) is 36.4 Å². The van der Waals surface area contributed by atoms with Gasteiger partial charge in [-0.2, -0.15) is 0 Å². The van der Waals surface area contributed by atoms with Crippen molar-refractivity contribution in [3.05, 3.63) is 42.0 Å². The molecule has 0 spiro atoms. The number of ether oxygens (including phenoxy) is 1. The predicted octanol–water partition coefficient (Wildman–Crippen LogP) is 1.54. The molecule has 0 radical (unpaired) electrons. The molecular weight excluding hydrogens is 364 g/mol. The van der Waals surface area contributed by atoms with Crippen LogP contribution in [0.1, 0.15) is 19.4 Å². The predicted molar refractivity (Wildman–Crippen MR) is 118 cm³/mol. The Kier molecular flexibility index (Phi) is 8.24. The minimum Gasteiger partial charge on any atom is -0.379 e. The van der Waals surface area contributed by atoms with Gasteiger partial charge in [-0.05, 0) is 19.4 Å². The first kappa shape index (κ1) is 22.0. The van der Waals surface area contributed by atoms with Gasteiger partial charge in [0.05, 0.1) is 19.8 Å². The summed E-state index contributed by atoms with van der Waals surface area (Å²) in [5, 5.41) is 3.14. The monoisotopic (exact) mass is 400 g/mol. The summed E-state index contributed by atoms with van der Waals surface area (Å²) in [6.45, 7) is 13.8. The molecule has 6 heteroatoms. The van der Waals surface area contributed by atoms with E-state index in [9.17, 15) is 4.79 Å². The average Bonchev–Trinajstić information content (AvgIpc) is 2.75. The number of rotatable bonds is 8. The maximum absolute atomic E-state index is 12.4. The molecule has 160 valence electrons. The zero-order chi connectivity index (χ0) is 20.5. The fourth-order valence-corrected chi connectivity index (χ4v) is 3.89. The largest absolute Gasteiger partial charge is 0.379 e. The molecule has 3 rings (SSSR count). The van der Waals surface area contributed by atoms with Gasteiger partial charge in [0.2, 0.25) is 5.91 Å². The van der Waals surface area contributed by atoms with Crippen molar-refractivity contribution in [1.82, 2.24) is 20.0 Å². The van der Waals surface area contributed by atoms with Crippen molar-refractivity contribution in [3.8, 4) is 0 Å². The van der Waals surface area contributed by atoms with Crippen LogP contribution in [0, 0.1) is 0 Å². The van der Waals surface area contributed by atoms with Gasteiger partial charge in [-0.25, -0.2) is 0 Å². The van der Waals surface area contributed by atoms with Crippen LogP contribution in [-0.2, 0) is 9.53 Å². The number of hydrogen-bond acceptors (Lipinski definition) is 5. The lowest BCUT2D eigenvalue weighted by molar-refractivity contribution is -0.123. The van der Waals surface area contributed by atoms with E-state index in [0.29, 0.717) is 13.1 Å². The molecule has 0 saturated carbocycles. The van der Waals surface area contributed by atoms with Gasteiger partial charge in [0, 0.05) is 57.9 Å². The van der Waals surface area contributed by atoms with E-state index in [1.54, 1.807) is 0 Å². The number of nitrogens with one attached hydrogen (secondary N) is 1. The Morgan fingerprint density at radius 2 is 1.69 bits per heavy atom. The number of hydrogen-bond donors (Lipinski definition) is 1. The first-order valence-electron chi connectivity index (χ1n) is 10.8. The van der Waals surface area contributed by atoms with Gasteiger partial charge >= 0.3 is 0 Å². The zero-order valence-electron chi connectivity index (χ0n) is 18.0. The Bertz CT molecular complexity index is 648. The van der Waals surface area contributed by atoms with E-state index >= 15 is 0 Å². The van der Waals surface area contributed by atoms with E-state index in [1.165, 1.54) is 5.56 Å². The minimum absolute atomic E-state index is 0.0385. The first-order valence-corrected chi connectivity index (χ1v) is 10.8. The third kappa shape index (κ3) is 7.23. The Balaban J connectivity index is 1.32. The maximum atomic E-state index is 12.4. The SMILES string of the molecule is CC(C)(CNC(=O)CN1CCN(C/C=C/c2ccccc2)CC1)N1CCOCC1. The van der Waals surface area contributed by atoms with Crippen LogP contribution in [0.5, 0.6) is 0 Å². The number of carbonyl (C=O) groups excluding carboxylic acids is 1. The van der Waals surface area contributed by atoms with Crippen molar-refractivity contribution in [2.24, 2.45) is 0 Å². The topological polar surface area (TPSA) is 48.1 Å². The Labute approximate surface area is 175 Å². The average molecular weight is 401 g/mol. The Hall–Kier alpha value is -1.73. The van der Waals surface area contributed by atoms with E-state index in [-0.39, 0.29) is 11.4 Å². The third-order valence-electron chi connectivity index (χ3n) is 5.89. The molecule has 2 saturated heterocycles. The molecule has 2 fully saturated rings. The van der Waals surface area contributed by atoms with E-state index in [0.717, 1.165) is 59.0 Å². The van der Waals surface area contributed by atoms with Crippen LogP contribution in [0.4, 0.5) is 0 Å². The standard InChI is InChI=1S/C23H36N4O2/c1-23(2,27-15-17-29-18-16-27)20-24-22(28)19-26-13-11-25(12-14-26)10-6-9-21-7-4-3-5-8-21/h3-9H,10-20H2,1-2H3,(H,24,28)/b9-6+. The van der Waals surface area contributed by atoms with E-state index in [2.05, 4.69) is 70.3 Å². The van der Waals surface area contributed by atoms with Crippen LogP contribution in [0.3, 0.4) is 0 Å². The van der Waals surface area contributed by atoms with E-state index < -0.39 is 0 Å². The molecule has 1 aromatic rings. The fourth-order valence-electron chi connectivity index (χ4n) is 3.89. The summed E-state index contributed by atoms with van der Waals surface area (Å²) in [4.78, 5) is 19.5. The van der Waals surface area contributed by atoms with Crippen LogP contribution in [-0.4, -0.2) is 98.3 Å². The lowest BCUT2D eigenvalue weighted by atomic mass is 10.0. The smallest absolute Gasteiger partial charge is 0.234 e. The highest BCUT2D eigenvalue weighted by atomic mass is 16.5. The van der Waals surface area contributed by atoms with Gasteiger partial charge in [0.25, 0.3) is 0 Å². The molecule has 1 N–H and O–H groups in total. The van der Waals surface area contributed by atoms with Crippen molar-refractivity contribution in [1.29, 1.82) is 0 Å². The first-order chi connectivity index (χ1) is 14.0. The number of morpholine rings is 1. The second-order valence-electron chi connectivity index (χ2n) is 8.58. The molecule has 0 aliphatic carbocycles. The van der Waals surface area contributed by atoms with Crippen LogP contribution >= 0.6 is 0 Å². The molecule has 0 atom stereocenters. The molecule has 0 unspecified atom stereocenters.